The van der Waals surface area contributed by atoms with Crippen molar-refractivity contribution in [1.29, 1.82) is 0 Å². The van der Waals surface area contributed by atoms with Crippen molar-refractivity contribution < 1.29 is 19.4 Å². The number of benzene rings is 1. The molecular formula is C10H11FO3. The smallest absolute Gasteiger partial charge is 0.335 e. The predicted molar refractivity (Wildman–Crippen MR) is 48.7 cm³/mol. The summed E-state index contributed by atoms with van der Waals surface area (Å²) >= 11 is 0. The molecule has 0 heterocycles. The van der Waals surface area contributed by atoms with Crippen molar-refractivity contribution in [2.75, 3.05) is 0 Å². The van der Waals surface area contributed by atoms with E-state index in [1.807, 2.05) is 0 Å². The zero-order valence-corrected chi connectivity index (χ0v) is 7.70. The molecule has 4 heteroatoms. The van der Waals surface area contributed by atoms with Crippen LogP contribution in [0.15, 0.2) is 18.2 Å². The molecule has 1 unspecified atom stereocenters. The summed E-state index contributed by atoms with van der Waals surface area (Å²) in [7, 11) is 0. The zero-order valence-electron chi connectivity index (χ0n) is 7.70. The summed E-state index contributed by atoms with van der Waals surface area (Å²) in [4.78, 5) is 10.5. The van der Waals surface area contributed by atoms with Crippen molar-refractivity contribution in [2.45, 2.75) is 19.4 Å². The molecule has 1 aromatic rings. The molecule has 0 aliphatic carbocycles. The summed E-state index contributed by atoms with van der Waals surface area (Å²) in [6.07, 6.45) is -0.452. The van der Waals surface area contributed by atoms with Gasteiger partial charge in [0.25, 0.3) is 0 Å². The van der Waals surface area contributed by atoms with Gasteiger partial charge in [-0.1, -0.05) is 6.07 Å². The Morgan fingerprint density at radius 3 is 2.64 bits per heavy atom. The molecule has 0 aliphatic rings. The van der Waals surface area contributed by atoms with Crippen molar-refractivity contribution in [3.63, 3.8) is 0 Å². The number of halogens is 1. The van der Waals surface area contributed by atoms with E-state index in [1.165, 1.54) is 12.1 Å². The van der Waals surface area contributed by atoms with Crippen LogP contribution >= 0.6 is 0 Å². The monoisotopic (exact) mass is 198 g/mol. The van der Waals surface area contributed by atoms with Crippen molar-refractivity contribution >= 4 is 5.97 Å². The molecule has 0 bridgehead atoms. The van der Waals surface area contributed by atoms with Crippen LogP contribution in [0.25, 0.3) is 0 Å². The number of aromatic carboxylic acids is 1. The highest BCUT2D eigenvalue weighted by molar-refractivity contribution is 5.87. The molecule has 1 atom stereocenters. The quantitative estimate of drug-likeness (QED) is 0.772. The SMILES string of the molecule is CC(O)Cc1ccc(C(=O)O)cc1F. The highest BCUT2D eigenvalue weighted by Crippen LogP contribution is 2.12. The van der Waals surface area contributed by atoms with Crippen LogP contribution in [0, 0.1) is 5.82 Å². The second-order valence-corrected chi connectivity index (χ2v) is 3.16. The van der Waals surface area contributed by atoms with Gasteiger partial charge in [0.05, 0.1) is 11.7 Å². The Balaban J connectivity index is 2.95. The fourth-order valence-electron chi connectivity index (χ4n) is 1.16. The highest BCUT2D eigenvalue weighted by Gasteiger charge is 2.09. The number of aliphatic hydroxyl groups is 1. The van der Waals surface area contributed by atoms with Gasteiger partial charge < -0.3 is 10.2 Å². The molecule has 0 amide bonds. The maximum Gasteiger partial charge on any atom is 0.335 e. The van der Waals surface area contributed by atoms with E-state index in [1.54, 1.807) is 6.92 Å². The zero-order chi connectivity index (χ0) is 10.7. The average molecular weight is 198 g/mol. The maximum atomic E-state index is 13.2. The van der Waals surface area contributed by atoms with E-state index < -0.39 is 17.9 Å². The molecule has 2 N–H and O–H groups in total. The molecule has 1 rings (SSSR count). The van der Waals surface area contributed by atoms with Gasteiger partial charge in [-0.15, -0.1) is 0 Å². The first kappa shape index (κ1) is 10.7. The molecule has 0 saturated carbocycles. The van der Waals surface area contributed by atoms with Gasteiger partial charge in [-0.2, -0.15) is 0 Å². The Kier molecular flexibility index (Phi) is 3.19. The van der Waals surface area contributed by atoms with Gasteiger partial charge in [0, 0.05) is 6.42 Å². The van der Waals surface area contributed by atoms with Crippen LogP contribution in [0.5, 0.6) is 0 Å². The molecule has 0 aliphatic heterocycles. The van der Waals surface area contributed by atoms with Crippen LogP contribution in [0.4, 0.5) is 4.39 Å². The lowest BCUT2D eigenvalue weighted by molar-refractivity contribution is 0.0696. The molecular weight excluding hydrogens is 187 g/mol. The first-order chi connectivity index (χ1) is 6.50. The number of hydrogen-bond donors (Lipinski definition) is 2. The van der Waals surface area contributed by atoms with Crippen molar-refractivity contribution in [3.8, 4) is 0 Å². The van der Waals surface area contributed by atoms with Crippen LogP contribution in [0.1, 0.15) is 22.8 Å². The standard InChI is InChI=1S/C10H11FO3/c1-6(12)4-7-2-3-8(10(13)14)5-9(7)11/h2-3,5-6,12H,4H2,1H3,(H,13,14). The van der Waals surface area contributed by atoms with Gasteiger partial charge in [0.1, 0.15) is 5.82 Å². The molecule has 76 valence electrons. The van der Waals surface area contributed by atoms with E-state index in [4.69, 9.17) is 10.2 Å². The average Bonchev–Trinajstić information content (AvgIpc) is 2.07. The van der Waals surface area contributed by atoms with Gasteiger partial charge in [0.2, 0.25) is 0 Å². The molecule has 0 spiro atoms. The summed E-state index contributed by atoms with van der Waals surface area (Å²) in [6.45, 7) is 1.55. The Hall–Kier alpha value is -1.42. The minimum absolute atomic E-state index is 0.0863. The van der Waals surface area contributed by atoms with E-state index in [9.17, 15) is 9.18 Å². The summed E-state index contributed by atoms with van der Waals surface area (Å²) in [5.74, 6) is -1.75. The molecule has 14 heavy (non-hydrogen) atoms. The number of rotatable bonds is 3. The summed E-state index contributed by atoms with van der Waals surface area (Å²) in [5, 5.41) is 17.6. The Morgan fingerprint density at radius 1 is 1.57 bits per heavy atom. The van der Waals surface area contributed by atoms with Gasteiger partial charge in [-0.25, -0.2) is 9.18 Å². The van der Waals surface area contributed by atoms with Crippen LogP contribution in [-0.4, -0.2) is 22.3 Å². The van der Waals surface area contributed by atoms with Crippen molar-refractivity contribution in [3.05, 3.63) is 35.1 Å². The Labute approximate surface area is 80.8 Å². The van der Waals surface area contributed by atoms with E-state index in [0.717, 1.165) is 6.07 Å². The highest BCUT2D eigenvalue weighted by atomic mass is 19.1. The molecule has 1 aromatic carbocycles. The van der Waals surface area contributed by atoms with Crippen LogP contribution in [-0.2, 0) is 6.42 Å². The van der Waals surface area contributed by atoms with Gasteiger partial charge in [-0.05, 0) is 24.6 Å². The first-order valence-corrected chi connectivity index (χ1v) is 4.20. The number of hydrogen-bond acceptors (Lipinski definition) is 2. The number of carboxylic acid groups (broad SMARTS) is 1. The summed E-state index contributed by atoms with van der Waals surface area (Å²) in [5.41, 5.74) is 0.238. The number of aliphatic hydroxyl groups excluding tert-OH is 1. The second kappa shape index (κ2) is 4.19. The minimum Gasteiger partial charge on any atom is -0.478 e. The van der Waals surface area contributed by atoms with Crippen molar-refractivity contribution in [2.24, 2.45) is 0 Å². The Bertz CT molecular complexity index is 347. The Morgan fingerprint density at radius 2 is 2.21 bits per heavy atom. The molecule has 0 fully saturated rings. The number of carboxylic acids is 1. The third-order valence-corrected chi connectivity index (χ3v) is 1.82. The number of carbonyl (C=O) groups is 1. The third-order valence-electron chi connectivity index (χ3n) is 1.82. The summed E-state index contributed by atoms with van der Waals surface area (Å²) < 4.78 is 13.2. The molecule has 0 saturated heterocycles. The maximum absolute atomic E-state index is 13.2. The van der Waals surface area contributed by atoms with E-state index in [2.05, 4.69) is 0 Å². The fraction of sp³-hybridized carbons (Fsp3) is 0.300. The van der Waals surface area contributed by atoms with Crippen LogP contribution in [0.2, 0.25) is 0 Å². The second-order valence-electron chi connectivity index (χ2n) is 3.16. The first-order valence-electron chi connectivity index (χ1n) is 4.20. The molecule has 0 aromatic heterocycles. The van der Waals surface area contributed by atoms with Crippen LogP contribution < -0.4 is 0 Å². The minimum atomic E-state index is -1.16. The lowest BCUT2D eigenvalue weighted by atomic mass is 10.1. The lowest BCUT2D eigenvalue weighted by Crippen LogP contribution is -2.07. The largest absolute Gasteiger partial charge is 0.478 e. The van der Waals surface area contributed by atoms with Crippen molar-refractivity contribution in [1.82, 2.24) is 0 Å². The van der Waals surface area contributed by atoms with E-state index in [-0.39, 0.29) is 12.0 Å². The topological polar surface area (TPSA) is 57.5 Å². The molecule has 3 nitrogen and oxygen atoms in total. The van der Waals surface area contributed by atoms with E-state index >= 15 is 0 Å². The van der Waals surface area contributed by atoms with Gasteiger partial charge in [-0.3, -0.25) is 0 Å². The third kappa shape index (κ3) is 2.53. The predicted octanol–water partition coefficient (Wildman–Crippen LogP) is 1.45. The fourth-order valence-corrected chi connectivity index (χ4v) is 1.16. The molecule has 0 radical (unpaired) electrons. The van der Waals surface area contributed by atoms with E-state index in [0.29, 0.717) is 5.56 Å². The lowest BCUT2D eigenvalue weighted by Gasteiger charge is -2.06. The van der Waals surface area contributed by atoms with Gasteiger partial charge >= 0.3 is 5.97 Å². The van der Waals surface area contributed by atoms with Gasteiger partial charge in [0.15, 0.2) is 0 Å². The normalized spacial score (nSPS) is 12.5. The summed E-state index contributed by atoms with van der Waals surface area (Å²) in [6, 6.07) is 3.66. The van der Waals surface area contributed by atoms with Crippen LogP contribution in [0.3, 0.4) is 0 Å².